The van der Waals surface area contributed by atoms with Crippen LogP contribution in [-0.2, 0) is 16.6 Å². The van der Waals surface area contributed by atoms with Gasteiger partial charge in [-0.05, 0) is 85.7 Å². The fourth-order valence-corrected chi connectivity index (χ4v) is 4.57. The molecule has 0 aliphatic heterocycles. The number of benzene rings is 2. The van der Waals surface area contributed by atoms with Crippen molar-refractivity contribution in [2.75, 3.05) is 4.72 Å². The van der Waals surface area contributed by atoms with Crippen molar-refractivity contribution >= 4 is 21.7 Å². The van der Waals surface area contributed by atoms with Gasteiger partial charge in [0.1, 0.15) is 18.1 Å². The number of sulfonamides is 1. The van der Waals surface area contributed by atoms with Crippen molar-refractivity contribution in [2.45, 2.75) is 59.2 Å². The van der Waals surface area contributed by atoms with Crippen LogP contribution in [0.2, 0.25) is 0 Å². The normalized spacial score (nSPS) is 11.6. The molecule has 0 saturated carbocycles. The average molecular weight is 472 g/mol. The van der Waals surface area contributed by atoms with Gasteiger partial charge in [0, 0.05) is 6.07 Å². The summed E-state index contributed by atoms with van der Waals surface area (Å²) in [5, 5.41) is 9.00. The molecule has 0 spiro atoms. The summed E-state index contributed by atoms with van der Waals surface area (Å²) < 4.78 is 40.2. The van der Waals surface area contributed by atoms with E-state index in [1.54, 1.807) is 44.2 Å². The molecule has 0 saturated heterocycles. The molecular formula is C25H29NO6S. The van der Waals surface area contributed by atoms with Crippen LogP contribution in [0.3, 0.4) is 0 Å². The quantitative estimate of drug-likeness (QED) is 0.436. The minimum atomic E-state index is -3.97. The number of rotatable bonds is 8. The van der Waals surface area contributed by atoms with Crippen LogP contribution in [0.5, 0.6) is 5.75 Å². The number of carboxylic acid groups (broad SMARTS) is 1. The molecule has 0 unspecified atom stereocenters. The summed E-state index contributed by atoms with van der Waals surface area (Å²) in [6.45, 7) is 11.5. The molecule has 33 heavy (non-hydrogen) atoms. The zero-order valence-electron chi connectivity index (χ0n) is 19.6. The molecule has 0 atom stereocenters. The molecule has 7 nitrogen and oxygen atoms in total. The molecule has 3 aromatic rings. The summed E-state index contributed by atoms with van der Waals surface area (Å²) in [5.74, 6) is 0.0807. The van der Waals surface area contributed by atoms with Crippen molar-refractivity contribution in [3.63, 3.8) is 0 Å². The zero-order valence-corrected chi connectivity index (χ0v) is 20.5. The van der Waals surface area contributed by atoms with Gasteiger partial charge in [0.2, 0.25) is 5.09 Å². The smallest absolute Gasteiger partial charge is 0.335 e. The van der Waals surface area contributed by atoms with E-state index in [-0.39, 0.29) is 23.2 Å². The minimum Gasteiger partial charge on any atom is -0.487 e. The number of furan rings is 1. The van der Waals surface area contributed by atoms with E-state index in [1.165, 1.54) is 6.07 Å². The summed E-state index contributed by atoms with van der Waals surface area (Å²) in [6.07, 6.45) is 0. The number of carbonyl (C=O) groups is 1. The molecule has 0 fully saturated rings. The van der Waals surface area contributed by atoms with E-state index in [0.29, 0.717) is 17.2 Å². The highest BCUT2D eigenvalue weighted by Crippen LogP contribution is 2.33. The van der Waals surface area contributed by atoms with Crippen LogP contribution in [0.4, 0.5) is 5.69 Å². The third-order valence-electron chi connectivity index (χ3n) is 5.63. The second kappa shape index (κ2) is 9.31. The van der Waals surface area contributed by atoms with Gasteiger partial charge in [0.25, 0.3) is 10.0 Å². The number of hydrogen-bond donors (Lipinski definition) is 2. The molecule has 176 valence electrons. The molecule has 0 amide bonds. The lowest BCUT2D eigenvalue weighted by atomic mass is 10.1. The summed E-state index contributed by atoms with van der Waals surface area (Å²) in [6, 6.07) is 9.85. The number of ether oxygens (including phenoxy) is 1. The summed E-state index contributed by atoms with van der Waals surface area (Å²) in [4.78, 5) is 11.2. The molecule has 3 rings (SSSR count). The number of aryl methyl sites for hydroxylation is 4. The lowest BCUT2D eigenvalue weighted by molar-refractivity contribution is 0.0696. The van der Waals surface area contributed by atoms with Crippen LogP contribution in [0.15, 0.2) is 45.9 Å². The van der Waals surface area contributed by atoms with E-state index in [2.05, 4.69) is 4.72 Å². The van der Waals surface area contributed by atoms with Gasteiger partial charge in [-0.15, -0.1) is 0 Å². The summed E-state index contributed by atoms with van der Waals surface area (Å²) >= 11 is 0. The molecule has 2 N–H and O–H groups in total. The minimum absolute atomic E-state index is 0.133. The van der Waals surface area contributed by atoms with Crippen molar-refractivity contribution in [3.05, 3.63) is 75.5 Å². The standard InChI is InChI=1S/C25H29NO6S/c1-14(2)21-12-24(32-18(21)6)33(29,30)26-22-10-15(3)16(4)11-23(22)31-13-20-8-7-19(25(27)28)9-17(20)5/h7-12,14,26H,13H2,1-6H3,(H,27,28). The summed E-state index contributed by atoms with van der Waals surface area (Å²) in [5.41, 5.74) is 4.77. The Balaban J connectivity index is 1.90. The third kappa shape index (κ3) is 5.39. The first-order valence-electron chi connectivity index (χ1n) is 10.6. The first-order chi connectivity index (χ1) is 15.4. The van der Waals surface area contributed by atoms with Crippen LogP contribution in [0.25, 0.3) is 0 Å². The Morgan fingerprint density at radius 1 is 1.03 bits per heavy atom. The average Bonchev–Trinajstić information content (AvgIpc) is 3.13. The Bertz CT molecular complexity index is 1300. The largest absolute Gasteiger partial charge is 0.487 e. The highest BCUT2D eigenvalue weighted by atomic mass is 32.2. The van der Waals surface area contributed by atoms with E-state index in [1.807, 2.05) is 27.7 Å². The molecule has 0 aliphatic rings. The Labute approximate surface area is 194 Å². The Morgan fingerprint density at radius 2 is 1.70 bits per heavy atom. The predicted molar refractivity (Wildman–Crippen MR) is 127 cm³/mol. The maximum Gasteiger partial charge on any atom is 0.335 e. The number of carboxylic acids is 1. The van der Waals surface area contributed by atoms with Gasteiger partial charge in [0.05, 0.1) is 11.3 Å². The molecule has 1 heterocycles. The topological polar surface area (TPSA) is 106 Å². The first-order valence-corrected chi connectivity index (χ1v) is 12.1. The van der Waals surface area contributed by atoms with Crippen LogP contribution >= 0.6 is 0 Å². The van der Waals surface area contributed by atoms with Gasteiger partial charge < -0.3 is 14.3 Å². The van der Waals surface area contributed by atoms with Crippen molar-refractivity contribution in [3.8, 4) is 5.75 Å². The van der Waals surface area contributed by atoms with Gasteiger partial charge in [-0.2, -0.15) is 8.42 Å². The van der Waals surface area contributed by atoms with Crippen LogP contribution in [0, 0.1) is 27.7 Å². The molecule has 8 heteroatoms. The van der Waals surface area contributed by atoms with Crippen LogP contribution in [-0.4, -0.2) is 19.5 Å². The van der Waals surface area contributed by atoms with Crippen molar-refractivity contribution in [1.29, 1.82) is 0 Å². The van der Waals surface area contributed by atoms with Crippen molar-refractivity contribution in [2.24, 2.45) is 0 Å². The number of aromatic carboxylic acids is 1. The molecule has 1 aromatic heterocycles. The van der Waals surface area contributed by atoms with Gasteiger partial charge in [-0.1, -0.05) is 19.9 Å². The molecule has 0 aliphatic carbocycles. The maximum absolute atomic E-state index is 13.1. The predicted octanol–water partition coefficient (Wildman–Crippen LogP) is 5.71. The van der Waals surface area contributed by atoms with E-state index in [9.17, 15) is 13.2 Å². The molecular weight excluding hydrogens is 442 g/mol. The maximum atomic E-state index is 13.1. The number of anilines is 1. The Hall–Kier alpha value is -3.26. The van der Waals surface area contributed by atoms with Crippen LogP contribution < -0.4 is 9.46 Å². The van der Waals surface area contributed by atoms with E-state index >= 15 is 0 Å². The fraction of sp³-hybridized carbons (Fsp3) is 0.320. The molecule has 0 bridgehead atoms. The Kier molecular flexibility index (Phi) is 6.88. The first kappa shape index (κ1) is 24.4. The summed E-state index contributed by atoms with van der Waals surface area (Å²) in [7, 11) is -3.97. The highest BCUT2D eigenvalue weighted by Gasteiger charge is 2.24. The second-order valence-corrected chi connectivity index (χ2v) is 10.1. The van der Waals surface area contributed by atoms with E-state index in [4.69, 9.17) is 14.3 Å². The zero-order chi connectivity index (χ0) is 24.5. The Morgan fingerprint density at radius 3 is 2.27 bits per heavy atom. The van der Waals surface area contributed by atoms with Gasteiger partial charge in [-0.3, -0.25) is 4.72 Å². The third-order valence-corrected chi connectivity index (χ3v) is 6.85. The lowest BCUT2D eigenvalue weighted by Crippen LogP contribution is -2.14. The van der Waals surface area contributed by atoms with Crippen molar-refractivity contribution < 1.29 is 27.5 Å². The molecule has 2 aromatic carbocycles. The van der Waals surface area contributed by atoms with Crippen molar-refractivity contribution in [1.82, 2.24) is 0 Å². The number of hydrogen-bond acceptors (Lipinski definition) is 5. The van der Waals surface area contributed by atoms with Crippen LogP contribution in [0.1, 0.15) is 63.7 Å². The second-order valence-electron chi connectivity index (χ2n) is 8.50. The lowest BCUT2D eigenvalue weighted by Gasteiger charge is -2.16. The van der Waals surface area contributed by atoms with Gasteiger partial charge in [0.15, 0.2) is 0 Å². The monoisotopic (exact) mass is 471 g/mol. The fourth-order valence-electron chi connectivity index (χ4n) is 3.50. The SMILES string of the molecule is Cc1cc(NS(=O)(=O)c2cc(C(C)C)c(C)o2)c(OCc2ccc(C(=O)O)cc2C)cc1C. The molecule has 0 radical (unpaired) electrons. The van der Waals surface area contributed by atoms with Gasteiger partial charge >= 0.3 is 5.97 Å². The van der Waals surface area contributed by atoms with E-state index < -0.39 is 16.0 Å². The van der Waals surface area contributed by atoms with E-state index in [0.717, 1.165) is 27.8 Å². The van der Waals surface area contributed by atoms with Gasteiger partial charge in [-0.25, -0.2) is 4.79 Å². The number of nitrogens with one attached hydrogen (secondary N) is 1. The highest BCUT2D eigenvalue weighted by molar-refractivity contribution is 7.92.